The number of fused-ring (bicyclic) bond motifs is 11. The molecule has 0 saturated carbocycles. The minimum Gasteiger partial charge on any atom is -0.376 e. The van der Waals surface area contributed by atoms with Crippen LogP contribution in [0.2, 0.25) is 0 Å². The molecule has 0 spiro atoms. The van der Waals surface area contributed by atoms with Gasteiger partial charge in [-0.15, -0.1) is 0 Å². The van der Waals surface area contributed by atoms with Crippen molar-refractivity contribution in [1.29, 1.82) is 0 Å². The van der Waals surface area contributed by atoms with E-state index in [2.05, 4.69) is 230 Å². The summed E-state index contributed by atoms with van der Waals surface area (Å²) in [6, 6.07) is 53.9. The van der Waals surface area contributed by atoms with Gasteiger partial charge in [-0.3, -0.25) is 0 Å². The summed E-state index contributed by atoms with van der Waals surface area (Å²) in [5.74, 6) is 0. The van der Waals surface area contributed by atoms with Crippen LogP contribution in [0.1, 0.15) is 104 Å². The lowest BCUT2D eigenvalue weighted by Gasteiger charge is -2.44. The zero-order chi connectivity index (χ0) is 43.7. The fraction of sp³-hybridized carbons (Fsp3) is 0.254. The van der Waals surface area contributed by atoms with E-state index in [0.29, 0.717) is 0 Å². The molecule has 4 heterocycles. The highest BCUT2D eigenvalue weighted by Crippen LogP contribution is 2.57. The van der Waals surface area contributed by atoms with Crippen LogP contribution in [0.25, 0.3) is 66.1 Å². The van der Waals surface area contributed by atoms with E-state index < -0.39 is 0 Å². The molecule has 0 bridgehead atoms. The van der Waals surface area contributed by atoms with Gasteiger partial charge in [0, 0.05) is 71.9 Å². The molecule has 1 aliphatic carbocycles. The highest BCUT2D eigenvalue weighted by Gasteiger charge is 2.53. The first-order valence-electron chi connectivity index (χ1n) is 23.0. The molecule has 3 aliphatic rings. The SMILES string of the molecule is CC(C)(C)c1ccc(N2C3=C(B4c5c(cc(C(C)(C)C)cc52)-c2cc(C(C)(C)C)cc5c6cc7c(cc6n4c25)c2ccccc2n7-c2ccccc2)C(C)(C)c2ccccc23)cc1. The summed E-state index contributed by atoms with van der Waals surface area (Å²) in [5.41, 5.74) is 22.2. The van der Waals surface area contributed by atoms with Crippen LogP contribution < -0.4 is 10.4 Å². The summed E-state index contributed by atoms with van der Waals surface area (Å²) in [6.45, 7) is 26.1. The van der Waals surface area contributed by atoms with Gasteiger partial charge in [-0.05, 0) is 116 Å². The molecule has 0 fully saturated rings. The fourth-order valence-corrected chi connectivity index (χ4v) is 11.6. The zero-order valence-electron chi connectivity index (χ0n) is 38.7. The van der Waals surface area contributed by atoms with Crippen molar-refractivity contribution in [2.75, 3.05) is 4.90 Å². The summed E-state index contributed by atoms with van der Waals surface area (Å²) in [6.07, 6.45) is 0. The third-order valence-electron chi connectivity index (χ3n) is 14.9. The summed E-state index contributed by atoms with van der Waals surface area (Å²) < 4.78 is 5.27. The minimum absolute atomic E-state index is 0.0283. The number of benzene rings is 7. The predicted molar refractivity (Wildman–Crippen MR) is 271 cm³/mol. The molecule has 0 saturated heterocycles. The van der Waals surface area contributed by atoms with Crippen molar-refractivity contribution in [3.63, 3.8) is 0 Å². The zero-order valence-corrected chi connectivity index (χ0v) is 38.7. The van der Waals surface area contributed by atoms with Crippen LogP contribution in [-0.4, -0.2) is 15.9 Å². The second-order valence-corrected chi connectivity index (χ2v) is 22.3. The standard InChI is InChI=1S/C59H56BN3/c1-56(2,3)35-25-27-39(28-26-35)62-51-32-37(58(7,8)9)29-44-46-31-36(57(4,5)6)30-45-43-33-49-42(40-21-16-18-24-48(40)61(49)38-19-13-12-14-20-38)34-50(43)63(53(45)46)60(52(44)51)55-54(62)41-22-15-17-23-47(41)59(55,10)11/h12-34H,1-11H3. The number of nitrogens with zero attached hydrogens (tertiary/aromatic N) is 3. The Morgan fingerprint density at radius 2 is 1.06 bits per heavy atom. The van der Waals surface area contributed by atoms with Gasteiger partial charge in [0.25, 0.3) is 0 Å². The number of hydrogen-bond donors (Lipinski definition) is 0. The smallest absolute Gasteiger partial charge is 0.329 e. The summed E-state index contributed by atoms with van der Waals surface area (Å²) in [7, 11) is 0. The number of hydrogen-bond acceptors (Lipinski definition) is 1. The van der Waals surface area contributed by atoms with Crippen molar-refractivity contribution in [2.24, 2.45) is 0 Å². The Kier molecular flexibility index (Phi) is 7.61. The molecule has 0 N–H and O–H groups in total. The molecule has 0 atom stereocenters. The van der Waals surface area contributed by atoms with Gasteiger partial charge in [-0.1, -0.05) is 155 Å². The van der Waals surface area contributed by atoms with Crippen molar-refractivity contribution in [3.8, 4) is 16.8 Å². The Morgan fingerprint density at radius 3 is 1.78 bits per heavy atom. The van der Waals surface area contributed by atoms with Crippen LogP contribution >= 0.6 is 0 Å². The molecular formula is C59H56BN3. The fourth-order valence-electron chi connectivity index (χ4n) is 11.6. The van der Waals surface area contributed by atoms with Crippen LogP contribution in [0.4, 0.5) is 11.4 Å². The lowest BCUT2D eigenvalue weighted by atomic mass is 9.40. The monoisotopic (exact) mass is 817 g/mol. The average Bonchev–Trinajstić information content (AvgIpc) is 3.83. The molecule has 0 amide bonds. The molecule has 0 unspecified atom stereocenters. The number of aromatic nitrogens is 2. The van der Waals surface area contributed by atoms with Gasteiger partial charge in [-0.25, -0.2) is 0 Å². The highest BCUT2D eigenvalue weighted by molar-refractivity contribution is 6.85. The lowest BCUT2D eigenvalue weighted by Crippen LogP contribution is -2.52. The second kappa shape index (κ2) is 12.5. The van der Waals surface area contributed by atoms with E-state index >= 15 is 0 Å². The van der Waals surface area contributed by atoms with E-state index in [1.807, 2.05) is 0 Å². The largest absolute Gasteiger partial charge is 0.376 e. The Bertz CT molecular complexity index is 3460. The van der Waals surface area contributed by atoms with Crippen LogP contribution in [0, 0.1) is 0 Å². The topological polar surface area (TPSA) is 13.1 Å². The van der Waals surface area contributed by atoms with Gasteiger partial charge in [0.2, 0.25) is 0 Å². The Hall–Kier alpha value is -6.26. The average molecular weight is 818 g/mol. The molecule has 63 heavy (non-hydrogen) atoms. The number of allylic oxidation sites excluding steroid dienone is 1. The molecule has 2 aliphatic heterocycles. The first-order valence-corrected chi connectivity index (χ1v) is 23.0. The lowest BCUT2D eigenvalue weighted by molar-refractivity contribution is 0.589. The van der Waals surface area contributed by atoms with Crippen molar-refractivity contribution < 1.29 is 0 Å². The Morgan fingerprint density at radius 1 is 0.460 bits per heavy atom. The molecule has 310 valence electrons. The van der Waals surface area contributed by atoms with E-state index in [-0.39, 0.29) is 28.5 Å². The van der Waals surface area contributed by atoms with E-state index in [9.17, 15) is 0 Å². The molecule has 2 aromatic heterocycles. The molecule has 9 aromatic rings. The van der Waals surface area contributed by atoms with Gasteiger partial charge >= 0.3 is 6.85 Å². The normalized spacial score (nSPS) is 15.5. The van der Waals surface area contributed by atoms with E-state index in [1.165, 1.54) is 116 Å². The predicted octanol–water partition coefficient (Wildman–Crippen LogP) is 14.9. The van der Waals surface area contributed by atoms with E-state index in [1.54, 1.807) is 0 Å². The Balaban J connectivity index is 1.28. The molecule has 4 heteroatoms. The number of para-hydroxylation sites is 2. The van der Waals surface area contributed by atoms with Crippen molar-refractivity contribution >= 4 is 73.0 Å². The third-order valence-corrected chi connectivity index (χ3v) is 14.9. The third kappa shape index (κ3) is 5.21. The van der Waals surface area contributed by atoms with Crippen LogP contribution in [0.5, 0.6) is 0 Å². The van der Waals surface area contributed by atoms with Gasteiger partial charge in [0.1, 0.15) is 0 Å². The van der Waals surface area contributed by atoms with Crippen LogP contribution in [0.15, 0.2) is 145 Å². The van der Waals surface area contributed by atoms with Crippen molar-refractivity contribution in [3.05, 3.63) is 173 Å². The molecule has 0 radical (unpaired) electrons. The van der Waals surface area contributed by atoms with Crippen molar-refractivity contribution in [2.45, 2.75) is 97.8 Å². The van der Waals surface area contributed by atoms with Crippen LogP contribution in [0.3, 0.4) is 0 Å². The second-order valence-electron chi connectivity index (χ2n) is 22.3. The quantitative estimate of drug-likeness (QED) is 0.158. The van der Waals surface area contributed by atoms with E-state index in [4.69, 9.17) is 0 Å². The maximum absolute atomic E-state index is 2.80. The van der Waals surface area contributed by atoms with E-state index in [0.717, 1.165) is 0 Å². The van der Waals surface area contributed by atoms with Gasteiger partial charge < -0.3 is 13.9 Å². The summed E-state index contributed by atoms with van der Waals surface area (Å²) in [5, 5.41) is 5.21. The minimum atomic E-state index is -0.253. The highest BCUT2D eigenvalue weighted by atomic mass is 15.2. The molecular weight excluding hydrogens is 761 g/mol. The van der Waals surface area contributed by atoms with Gasteiger partial charge in [0.05, 0.1) is 11.0 Å². The molecule has 7 aromatic carbocycles. The van der Waals surface area contributed by atoms with Gasteiger partial charge in [-0.2, -0.15) is 0 Å². The molecule has 3 nitrogen and oxygen atoms in total. The van der Waals surface area contributed by atoms with Crippen LogP contribution in [-0.2, 0) is 21.7 Å². The number of rotatable bonds is 2. The molecule has 12 rings (SSSR count). The maximum atomic E-state index is 2.80. The maximum Gasteiger partial charge on any atom is 0.329 e. The number of anilines is 2. The van der Waals surface area contributed by atoms with Gasteiger partial charge in [0.15, 0.2) is 0 Å². The summed E-state index contributed by atoms with van der Waals surface area (Å²) >= 11 is 0. The Labute approximate surface area is 372 Å². The summed E-state index contributed by atoms with van der Waals surface area (Å²) in [4.78, 5) is 2.66. The van der Waals surface area contributed by atoms with Crippen molar-refractivity contribution in [1.82, 2.24) is 9.05 Å². The first kappa shape index (κ1) is 38.4. The first-order chi connectivity index (χ1) is 29.9.